The fourth-order valence-electron chi connectivity index (χ4n) is 4.46. The molecule has 4 aromatic rings. The number of halogens is 2. The molecule has 0 bridgehead atoms. The first-order valence-electron chi connectivity index (χ1n) is 11.5. The molecule has 8 heteroatoms. The summed E-state index contributed by atoms with van der Waals surface area (Å²) < 4.78 is 3.12. The lowest BCUT2D eigenvalue weighted by Crippen LogP contribution is -2.15. The Morgan fingerprint density at radius 1 is 1.15 bits per heavy atom. The molecule has 1 amide bonds. The second-order valence-corrected chi connectivity index (χ2v) is 10.4. The number of nitrogens with zero attached hydrogens (tertiary/aromatic N) is 3. The molecule has 2 fully saturated rings. The Bertz CT molecular complexity index is 1400. The third-order valence-corrected chi connectivity index (χ3v) is 7.33. The van der Waals surface area contributed by atoms with Crippen molar-refractivity contribution in [2.24, 2.45) is 5.92 Å². The number of imidazole rings is 1. The van der Waals surface area contributed by atoms with Gasteiger partial charge in [-0.05, 0) is 82.4 Å². The van der Waals surface area contributed by atoms with Gasteiger partial charge >= 0.3 is 0 Å². The third kappa shape index (κ3) is 4.55. The van der Waals surface area contributed by atoms with Crippen LogP contribution in [0.15, 0.2) is 65.5 Å². The van der Waals surface area contributed by atoms with Gasteiger partial charge < -0.3 is 15.0 Å². The zero-order valence-corrected chi connectivity index (χ0v) is 20.7. The molecule has 34 heavy (non-hydrogen) atoms. The molecule has 2 aliphatic carbocycles. The Labute approximate surface area is 210 Å². The van der Waals surface area contributed by atoms with Crippen molar-refractivity contribution in [3.63, 3.8) is 0 Å². The Hall–Kier alpha value is -2.90. The predicted octanol–water partition coefficient (Wildman–Crippen LogP) is 6.38. The second kappa shape index (κ2) is 8.71. The highest BCUT2D eigenvalue weighted by Crippen LogP contribution is 2.48. The summed E-state index contributed by atoms with van der Waals surface area (Å²) in [5, 5.41) is 7.05. The van der Waals surface area contributed by atoms with E-state index in [0.717, 1.165) is 33.5 Å². The molecule has 0 aliphatic heterocycles. The summed E-state index contributed by atoms with van der Waals surface area (Å²) in [5.74, 6) is 1.39. The van der Waals surface area contributed by atoms with Gasteiger partial charge in [0.25, 0.3) is 0 Å². The summed E-state index contributed by atoms with van der Waals surface area (Å²) in [6.07, 6.45) is 9.31. The number of hydrogen-bond acceptors (Lipinski definition) is 4. The molecule has 3 heterocycles. The SMILES string of the molecule is O=C(Nc1cc(NCc2cn3cc(C4CC4)cc(Br)c3n2)ccn1)C1CC1c1cccc(Cl)c1. The van der Waals surface area contributed by atoms with Crippen LogP contribution < -0.4 is 10.6 Å². The average Bonchev–Trinajstić information content (AvgIpc) is 3.74. The van der Waals surface area contributed by atoms with Crippen molar-refractivity contribution in [1.82, 2.24) is 14.4 Å². The van der Waals surface area contributed by atoms with Gasteiger partial charge in [0, 0.05) is 41.3 Å². The van der Waals surface area contributed by atoms with E-state index in [2.05, 4.69) is 54.4 Å². The molecule has 6 rings (SSSR count). The Morgan fingerprint density at radius 3 is 2.85 bits per heavy atom. The van der Waals surface area contributed by atoms with Gasteiger partial charge in [0.1, 0.15) is 5.82 Å². The van der Waals surface area contributed by atoms with E-state index in [4.69, 9.17) is 16.6 Å². The molecule has 2 N–H and O–H groups in total. The van der Waals surface area contributed by atoms with Crippen LogP contribution in [-0.4, -0.2) is 20.3 Å². The van der Waals surface area contributed by atoms with E-state index in [-0.39, 0.29) is 17.7 Å². The van der Waals surface area contributed by atoms with Crippen molar-refractivity contribution in [3.05, 3.63) is 87.4 Å². The van der Waals surface area contributed by atoms with Crippen LogP contribution in [0.3, 0.4) is 0 Å². The molecule has 0 saturated heterocycles. The quantitative estimate of drug-likeness (QED) is 0.288. The van der Waals surface area contributed by atoms with Crippen molar-refractivity contribution in [2.75, 3.05) is 10.6 Å². The summed E-state index contributed by atoms with van der Waals surface area (Å²) in [6, 6.07) is 13.7. The van der Waals surface area contributed by atoms with Crippen molar-refractivity contribution in [1.29, 1.82) is 0 Å². The number of hydrogen-bond donors (Lipinski definition) is 2. The van der Waals surface area contributed by atoms with Crippen LogP contribution in [0.25, 0.3) is 5.65 Å². The Morgan fingerprint density at radius 2 is 2.03 bits per heavy atom. The van der Waals surface area contributed by atoms with E-state index in [1.807, 2.05) is 36.4 Å². The Balaban J connectivity index is 1.09. The molecule has 2 unspecified atom stereocenters. The molecule has 2 atom stereocenters. The van der Waals surface area contributed by atoms with Gasteiger partial charge in [0.15, 0.2) is 5.65 Å². The molecule has 172 valence electrons. The normalized spacial score (nSPS) is 19.2. The fourth-order valence-corrected chi connectivity index (χ4v) is 5.22. The lowest BCUT2D eigenvalue weighted by molar-refractivity contribution is -0.117. The van der Waals surface area contributed by atoms with Gasteiger partial charge in [-0.15, -0.1) is 0 Å². The monoisotopic (exact) mass is 535 g/mol. The standard InChI is InChI=1S/C26H23BrClN5O/c27-23-9-17(15-4-5-15)13-33-14-20(31-25(23)33)12-30-19-6-7-29-24(10-19)32-26(34)22-11-21(22)16-2-1-3-18(28)8-16/h1-3,6-10,13-15,21-22H,4-5,11-12H2,(H2,29,30,32,34). The minimum atomic E-state index is -0.0474. The number of benzene rings is 1. The number of anilines is 2. The van der Waals surface area contributed by atoms with Crippen LogP contribution in [0.5, 0.6) is 0 Å². The molecule has 1 aromatic carbocycles. The van der Waals surface area contributed by atoms with E-state index in [0.29, 0.717) is 23.3 Å². The number of rotatable bonds is 7. The van der Waals surface area contributed by atoms with E-state index in [1.165, 1.54) is 18.4 Å². The van der Waals surface area contributed by atoms with Crippen LogP contribution in [0.2, 0.25) is 5.02 Å². The molecular formula is C26H23BrClN5O. The van der Waals surface area contributed by atoms with Crippen molar-refractivity contribution in [2.45, 2.75) is 37.6 Å². The molecule has 0 radical (unpaired) electrons. The smallest absolute Gasteiger partial charge is 0.229 e. The van der Waals surface area contributed by atoms with E-state index in [9.17, 15) is 4.79 Å². The Kier molecular flexibility index (Phi) is 5.54. The molecule has 2 saturated carbocycles. The number of amides is 1. The summed E-state index contributed by atoms with van der Waals surface area (Å²) in [7, 11) is 0. The van der Waals surface area contributed by atoms with Crippen LogP contribution in [0.1, 0.15) is 47.9 Å². The van der Waals surface area contributed by atoms with E-state index in [1.54, 1.807) is 6.20 Å². The van der Waals surface area contributed by atoms with Crippen LogP contribution in [0.4, 0.5) is 11.5 Å². The second-order valence-electron chi connectivity index (χ2n) is 9.14. The summed E-state index contributed by atoms with van der Waals surface area (Å²) in [6.45, 7) is 0.573. The molecular weight excluding hydrogens is 514 g/mol. The topological polar surface area (TPSA) is 71.3 Å². The van der Waals surface area contributed by atoms with Gasteiger partial charge in [-0.2, -0.15) is 0 Å². The highest BCUT2D eigenvalue weighted by molar-refractivity contribution is 9.10. The maximum absolute atomic E-state index is 12.7. The lowest BCUT2D eigenvalue weighted by atomic mass is 10.1. The molecule has 6 nitrogen and oxygen atoms in total. The van der Waals surface area contributed by atoms with E-state index < -0.39 is 0 Å². The van der Waals surface area contributed by atoms with Gasteiger partial charge in [-0.1, -0.05) is 23.7 Å². The van der Waals surface area contributed by atoms with Crippen LogP contribution in [0, 0.1) is 5.92 Å². The zero-order chi connectivity index (χ0) is 23.2. The van der Waals surface area contributed by atoms with Crippen LogP contribution >= 0.6 is 27.5 Å². The van der Waals surface area contributed by atoms with Gasteiger partial charge in [0.2, 0.25) is 5.91 Å². The van der Waals surface area contributed by atoms with Crippen LogP contribution in [-0.2, 0) is 11.3 Å². The van der Waals surface area contributed by atoms with Gasteiger partial charge in [0.05, 0.1) is 16.7 Å². The maximum Gasteiger partial charge on any atom is 0.229 e. The first-order chi connectivity index (χ1) is 16.5. The largest absolute Gasteiger partial charge is 0.379 e. The van der Waals surface area contributed by atoms with Crippen molar-refractivity contribution in [3.8, 4) is 0 Å². The fraction of sp³-hybridized carbons (Fsp3) is 0.269. The number of carbonyl (C=O) groups is 1. The maximum atomic E-state index is 12.7. The first kappa shape index (κ1) is 21.6. The minimum Gasteiger partial charge on any atom is -0.379 e. The lowest BCUT2D eigenvalue weighted by Gasteiger charge is -2.08. The number of aromatic nitrogens is 3. The highest BCUT2D eigenvalue weighted by Gasteiger charge is 2.44. The zero-order valence-electron chi connectivity index (χ0n) is 18.3. The third-order valence-electron chi connectivity index (χ3n) is 6.51. The molecule has 2 aliphatic rings. The van der Waals surface area contributed by atoms with Crippen molar-refractivity contribution < 1.29 is 4.79 Å². The number of carbonyl (C=O) groups excluding carboxylic acids is 1. The van der Waals surface area contributed by atoms with E-state index >= 15 is 0 Å². The number of pyridine rings is 2. The minimum absolute atomic E-state index is 0.00806. The molecule has 3 aromatic heterocycles. The summed E-state index contributed by atoms with van der Waals surface area (Å²) in [5.41, 5.74) is 5.21. The van der Waals surface area contributed by atoms with Gasteiger partial charge in [-0.25, -0.2) is 9.97 Å². The number of nitrogens with one attached hydrogen (secondary N) is 2. The predicted molar refractivity (Wildman–Crippen MR) is 137 cm³/mol. The summed E-state index contributed by atoms with van der Waals surface area (Å²) >= 11 is 9.76. The number of fused-ring (bicyclic) bond motifs is 1. The molecule has 0 spiro atoms. The van der Waals surface area contributed by atoms with Gasteiger partial charge in [-0.3, -0.25) is 4.79 Å². The average molecular weight is 537 g/mol. The first-order valence-corrected chi connectivity index (χ1v) is 12.6. The highest BCUT2D eigenvalue weighted by atomic mass is 79.9. The van der Waals surface area contributed by atoms with Crippen molar-refractivity contribution >= 4 is 50.6 Å². The summed E-state index contributed by atoms with van der Waals surface area (Å²) in [4.78, 5) is 21.8.